The molecule has 4 rings (SSSR count). The Morgan fingerprint density at radius 3 is 2.56 bits per heavy atom. The van der Waals surface area contributed by atoms with Crippen LogP contribution in [0.25, 0.3) is 11.5 Å². The number of amides is 1. The minimum Gasteiger partial charge on any atom is -0.497 e. The first-order valence-corrected chi connectivity index (χ1v) is 11.7. The van der Waals surface area contributed by atoms with E-state index < -0.39 is 0 Å². The monoisotopic (exact) mass is 466 g/mol. The molecular formula is C23H22N4O3S2. The van der Waals surface area contributed by atoms with Crippen molar-refractivity contribution in [1.29, 1.82) is 0 Å². The lowest BCUT2D eigenvalue weighted by molar-refractivity contribution is -0.113. The van der Waals surface area contributed by atoms with Crippen molar-refractivity contribution in [2.75, 3.05) is 18.2 Å². The van der Waals surface area contributed by atoms with Crippen LogP contribution in [-0.2, 0) is 11.2 Å². The molecular weight excluding hydrogens is 444 g/mol. The van der Waals surface area contributed by atoms with Crippen LogP contribution < -0.4 is 10.1 Å². The number of thiazole rings is 1. The number of nitrogens with one attached hydrogen (secondary N) is 1. The van der Waals surface area contributed by atoms with Crippen LogP contribution >= 0.6 is 23.1 Å². The highest BCUT2D eigenvalue weighted by molar-refractivity contribution is 7.99. The summed E-state index contributed by atoms with van der Waals surface area (Å²) >= 11 is 2.68. The van der Waals surface area contributed by atoms with Crippen LogP contribution in [0.4, 0.5) is 5.13 Å². The molecule has 0 aliphatic heterocycles. The van der Waals surface area contributed by atoms with E-state index in [2.05, 4.69) is 51.7 Å². The molecule has 2 heterocycles. The number of benzene rings is 2. The van der Waals surface area contributed by atoms with Gasteiger partial charge in [-0.1, -0.05) is 41.6 Å². The van der Waals surface area contributed by atoms with E-state index in [0.29, 0.717) is 16.2 Å². The van der Waals surface area contributed by atoms with Gasteiger partial charge in [-0.2, -0.15) is 0 Å². The summed E-state index contributed by atoms with van der Waals surface area (Å²) in [5.74, 6) is 1.12. The number of carbonyl (C=O) groups is 1. The molecule has 2 aromatic heterocycles. The molecule has 0 saturated heterocycles. The molecule has 1 N–H and O–H groups in total. The minimum absolute atomic E-state index is 0.149. The number of aryl methyl sites for hydroxylation is 2. The van der Waals surface area contributed by atoms with Gasteiger partial charge in [0.05, 0.1) is 18.6 Å². The summed E-state index contributed by atoms with van der Waals surface area (Å²) in [5, 5.41) is 11.8. The van der Waals surface area contributed by atoms with Crippen molar-refractivity contribution in [2.24, 2.45) is 0 Å². The number of ether oxygens (including phenoxy) is 1. The quantitative estimate of drug-likeness (QED) is 0.360. The van der Waals surface area contributed by atoms with E-state index in [1.54, 1.807) is 7.11 Å². The van der Waals surface area contributed by atoms with Crippen molar-refractivity contribution >= 4 is 34.1 Å². The second-order valence-corrected chi connectivity index (χ2v) is 9.14. The van der Waals surface area contributed by atoms with Gasteiger partial charge in [0.1, 0.15) is 5.75 Å². The average Bonchev–Trinajstić information content (AvgIpc) is 3.40. The van der Waals surface area contributed by atoms with Crippen LogP contribution in [0.3, 0.4) is 0 Å². The summed E-state index contributed by atoms with van der Waals surface area (Å²) in [5.41, 5.74) is 4.17. The Bertz CT molecular complexity index is 1200. The molecule has 2 aromatic carbocycles. The molecule has 0 fully saturated rings. The lowest BCUT2D eigenvalue weighted by Gasteiger charge is -2.00. The first kappa shape index (κ1) is 22.0. The Morgan fingerprint density at radius 2 is 1.84 bits per heavy atom. The smallest absolute Gasteiger partial charge is 0.277 e. The highest BCUT2D eigenvalue weighted by atomic mass is 32.2. The predicted molar refractivity (Wildman–Crippen MR) is 126 cm³/mol. The van der Waals surface area contributed by atoms with Crippen molar-refractivity contribution < 1.29 is 13.9 Å². The Kier molecular flexibility index (Phi) is 6.87. The van der Waals surface area contributed by atoms with Gasteiger partial charge in [-0.15, -0.1) is 21.5 Å². The number of anilines is 1. The fourth-order valence-corrected chi connectivity index (χ4v) is 4.51. The van der Waals surface area contributed by atoms with Crippen LogP contribution in [0.5, 0.6) is 5.75 Å². The lowest BCUT2D eigenvalue weighted by atomic mass is 10.1. The van der Waals surface area contributed by atoms with Crippen molar-refractivity contribution in [1.82, 2.24) is 15.2 Å². The van der Waals surface area contributed by atoms with Gasteiger partial charge in [-0.25, -0.2) is 4.98 Å². The number of aromatic nitrogens is 3. The Labute approximate surface area is 194 Å². The van der Waals surface area contributed by atoms with Crippen LogP contribution in [-0.4, -0.2) is 34.0 Å². The fraction of sp³-hybridized carbons (Fsp3) is 0.217. The third kappa shape index (κ3) is 5.54. The van der Waals surface area contributed by atoms with Crippen LogP contribution in [0, 0.1) is 13.8 Å². The van der Waals surface area contributed by atoms with Crippen LogP contribution in [0.15, 0.2) is 58.2 Å². The first-order valence-electron chi connectivity index (χ1n) is 9.92. The van der Waals surface area contributed by atoms with Gasteiger partial charge in [-0.05, 0) is 43.7 Å². The molecule has 0 saturated carbocycles. The minimum atomic E-state index is -0.171. The van der Waals surface area contributed by atoms with E-state index in [1.165, 1.54) is 34.2 Å². The van der Waals surface area contributed by atoms with Crippen molar-refractivity contribution in [2.45, 2.75) is 25.5 Å². The van der Waals surface area contributed by atoms with Crippen molar-refractivity contribution in [3.63, 3.8) is 0 Å². The normalized spacial score (nSPS) is 10.8. The molecule has 0 unspecified atom stereocenters. The molecule has 32 heavy (non-hydrogen) atoms. The lowest BCUT2D eigenvalue weighted by Crippen LogP contribution is -2.13. The molecule has 0 aliphatic carbocycles. The van der Waals surface area contributed by atoms with Crippen LogP contribution in [0.2, 0.25) is 0 Å². The molecule has 0 radical (unpaired) electrons. The molecule has 0 atom stereocenters. The number of methoxy groups -OCH3 is 1. The maximum absolute atomic E-state index is 12.4. The van der Waals surface area contributed by atoms with E-state index in [9.17, 15) is 4.79 Å². The van der Waals surface area contributed by atoms with E-state index >= 15 is 0 Å². The number of rotatable bonds is 8. The summed E-state index contributed by atoms with van der Waals surface area (Å²) in [6.45, 7) is 4.03. The summed E-state index contributed by atoms with van der Waals surface area (Å²) in [6.07, 6.45) is 0.796. The topological polar surface area (TPSA) is 90.1 Å². The van der Waals surface area contributed by atoms with Gasteiger partial charge in [0.25, 0.3) is 5.22 Å². The molecule has 1 amide bonds. The van der Waals surface area contributed by atoms with Gasteiger partial charge in [0.15, 0.2) is 5.13 Å². The zero-order chi connectivity index (χ0) is 22.5. The van der Waals surface area contributed by atoms with Gasteiger partial charge in [0, 0.05) is 16.9 Å². The molecule has 7 nitrogen and oxygen atoms in total. The van der Waals surface area contributed by atoms with Gasteiger partial charge in [0.2, 0.25) is 11.8 Å². The van der Waals surface area contributed by atoms with Crippen LogP contribution in [0.1, 0.15) is 21.7 Å². The SMILES string of the molecule is COc1ccc(-c2nnc(SCC(=O)Nc3nc(C)c(Cc4ccc(C)cc4)s3)o2)cc1. The van der Waals surface area contributed by atoms with Crippen molar-refractivity contribution in [3.8, 4) is 17.2 Å². The second-order valence-electron chi connectivity index (χ2n) is 7.13. The molecule has 0 bridgehead atoms. The Hall–Kier alpha value is -3.17. The summed E-state index contributed by atoms with van der Waals surface area (Å²) in [6, 6.07) is 15.8. The van der Waals surface area contributed by atoms with Gasteiger partial charge in [-0.3, -0.25) is 4.79 Å². The summed E-state index contributed by atoms with van der Waals surface area (Å²) in [4.78, 5) is 18.0. The third-order valence-corrected chi connectivity index (χ3v) is 6.59. The largest absolute Gasteiger partial charge is 0.497 e. The first-order chi connectivity index (χ1) is 15.5. The van der Waals surface area contributed by atoms with E-state index in [0.717, 1.165) is 28.3 Å². The van der Waals surface area contributed by atoms with E-state index in [4.69, 9.17) is 9.15 Å². The van der Waals surface area contributed by atoms with E-state index in [-0.39, 0.29) is 11.7 Å². The fourth-order valence-electron chi connectivity index (χ4n) is 2.94. The number of hydrogen-bond donors (Lipinski definition) is 1. The molecule has 4 aromatic rings. The zero-order valence-corrected chi connectivity index (χ0v) is 19.5. The van der Waals surface area contributed by atoms with Gasteiger partial charge >= 0.3 is 0 Å². The predicted octanol–water partition coefficient (Wildman–Crippen LogP) is 5.14. The number of hydrogen-bond acceptors (Lipinski definition) is 8. The summed E-state index contributed by atoms with van der Waals surface area (Å²) in [7, 11) is 1.61. The molecule has 9 heteroatoms. The highest BCUT2D eigenvalue weighted by Gasteiger charge is 2.14. The number of carbonyl (C=O) groups excluding carboxylic acids is 1. The molecule has 164 valence electrons. The molecule has 0 spiro atoms. The number of thioether (sulfide) groups is 1. The number of nitrogens with zero attached hydrogens (tertiary/aromatic N) is 3. The highest BCUT2D eigenvalue weighted by Crippen LogP contribution is 2.27. The maximum Gasteiger partial charge on any atom is 0.277 e. The van der Waals surface area contributed by atoms with Gasteiger partial charge < -0.3 is 14.5 Å². The van der Waals surface area contributed by atoms with Crippen molar-refractivity contribution in [3.05, 3.63) is 70.2 Å². The Morgan fingerprint density at radius 1 is 1.09 bits per heavy atom. The standard InChI is InChI=1S/C23H22N4O3S2/c1-14-4-6-16(7-5-14)12-19-15(2)24-22(32-19)25-20(28)13-31-23-27-26-21(30-23)17-8-10-18(29-3)11-9-17/h4-11H,12-13H2,1-3H3,(H,24,25,28). The summed E-state index contributed by atoms with van der Waals surface area (Å²) < 4.78 is 10.8. The molecule has 0 aliphatic rings. The maximum atomic E-state index is 12.4. The Balaban J connectivity index is 1.31. The van der Waals surface area contributed by atoms with E-state index in [1.807, 2.05) is 31.2 Å². The third-order valence-electron chi connectivity index (χ3n) is 4.69. The second kappa shape index (κ2) is 9.97. The average molecular weight is 467 g/mol. The zero-order valence-electron chi connectivity index (χ0n) is 17.9.